The van der Waals surface area contributed by atoms with Crippen molar-refractivity contribution in [2.75, 3.05) is 20.3 Å². The zero-order chi connectivity index (χ0) is 34.5. The number of carbonyl (C=O) groups is 1. The van der Waals surface area contributed by atoms with Gasteiger partial charge in [-0.15, -0.1) is 0 Å². The second-order valence-electron chi connectivity index (χ2n) is 11.0. The molecule has 1 aliphatic rings. The van der Waals surface area contributed by atoms with Crippen molar-refractivity contribution in [2.45, 2.75) is 64.3 Å². The van der Waals surface area contributed by atoms with E-state index in [1.54, 1.807) is 31.2 Å². The summed E-state index contributed by atoms with van der Waals surface area (Å²) in [4.78, 5) is 40.6. The Morgan fingerprint density at radius 3 is 2.45 bits per heavy atom. The topological polar surface area (TPSA) is 91.6 Å². The number of hydrogen-bond donors (Lipinski definition) is 1. The summed E-state index contributed by atoms with van der Waals surface area (Å²) in [5.41, 5.74) is -5.84. The van der Waals surface area contributed by atoms with Crippen LogP contribution in [0.3, 0.4) is 0 Å². The molecule has 0 spiro atoms. The van der Waals surface area contributed by atoms with Crippen LogP contribution in [0.25, 0.3) is 11.1 Å². The quantitative estimate of drug-likeness (QED) is 0.144. The molecule has 1 heterocycles. The SMILES string of the molecule is CCOC(=O)CCCN[C@]1(CC)C=CC=CC1n1c(=O)c(-c2cccc(OC)c2F)c(C)n(Cc2c(F)cccc2C(F)(F)F)c1=O. The predicted molar refractivity (Wildman–Crippen MR) is 166 cm³/mol. The molecule has 1 N–H and O–H groups in total. The number of ether oxygens (including phenoxy) is 2. The highest BCUT2D eigenvalue weighted by Crippen LogP contribution is 2.36. The summed E-state index contributed by atoms with van der Waals surface area (Å²) in [6.07, 6.45) is 2.52. The van der Waals surface area contributed by atoms with Gasteiger partial charge < -0.3 is 14.8 Å². The van der Waals surface area contributed by atoms with Crippen LogP contribution in [0.2, 0.25) is 0 Å². The number of methoxy groups -OCH3 is 1. The van der Waals surface area contributed by atoms with Crippen molar-refractivity contribution in [1.29, 1.82) is 0 Å². The minimum Gasteiger partial charge on any atom is -0.494 e. The zero-order valence-corrected chi connectivity index (χ0v) is 26.4. The van der Waals surface area contributed by atoms with E-state index in [4.69, 9.17) is 9.47 Å². The summed E-state index contributed by atoms with van der Waals surface area (Å²) in [6, 6.07) is 5.46. The minimum atomic E-state index is -4.95. The maximum absolute atomic E-state index is 15.7. The van der Waals surface area contributed by atoms with Crippen LogP contribution in [0.1, 0.15) is 56.0 Å². The number of nitrogens with zero attached hydrogens (tertiary/aromatic N) is 2. The fraction of sp³-hybridized carbons (Fsp3) is 0.382. The molecule has 1 unspecified atom stereocenters. The van der Waals surface area contributed by atoms with Crippen molar-refractivity contribution in [1.82, 2.24) is 14.5 Å². The molecular formula is C34H36F5N3O5. The largest absolute Gasteiger partial charge is 0.494 e. The Bertz CT molecular complexity index is 1810. The maximum atomic E-state index is 15.7. The smallest absolute Gasteiger partial charge is 0.416 e. The lowest BCUT2D eigenvalue weighted by atomic mass is 9.83. The van der Waals surface area contributed by atoms with E-state index in [1.165, 1.54) is 32.2 Å². The van der Waals surface area contributed by atoms with Crippen LogP contribution in [0.15, 0.2) is 70.3 Å². The molecule has 13 heteroatoms. The van der Waals surface area contributed by atoms with Gasteiger partial charge in [0.2, 0.25) is 0 Å². The lowest BCUT2D eigenvalue weighted by Gasteiger charge is -2.40. The minimum absolute atomic E-state index is 0.117. The van der Waals surface area contributed by atoms with E-state index in [0.717, 1.165) is 21.3 Å². The summed E-state index contributed by atoms with van der Waals surface area (Å²) in [6.45, 7) is 4.41. The third-order valence-electron chi connectivity index (χ3n) is 8.34. The number of carbonyl (C=O) groups excluding carboxylic acids is 1. The molecule has 0 saturated heterocycles. The molecule has 2 aromatic carbocycles. The molecule has 0 bridgehead atoms. The van der Waals surface area contributed by atoms with Crippen LogP contribution in [0.5, 0.6) is 5.75 Å². The van der Waals surface area contributed by atoms with E-state index >= 15 is 8.78 Å². The highest BCUT2D eigenvalue weighted by atomic mass is 19.4. The second-order valence-corrected chi connectivity index (χ2v) is 11.0. The number of hydrogen-bond acceptors (Lipinski definition) is 6. The lowest BCUT2D eigenvalue weighted by Crippen LogP contribution is -2.56. The van der Waals surface area contributed by atoms with Gasteiger partial charge in [0.15, 0.2) is 11.6 Å². The highest BCUT2D eigenvalue weighted by molar-refractivity contribution is 5.69. The number of aromatic nitrogens is 2. The standard InChI is InChI=1S/C34H36F5N3O5/c1-5-33(40-19-11-17-28(43)47-6-2)18-8-7-16-27(33)42-31(44)29(22-12-9-15-26(46-4)30(22)36)21(3)41(32(42)45)20-23-24(34(37,38)39)13-10-14-25(23)35/h7-10,12-16,18,27,40H,5-6,11,17,19-20H2,1-4H3/t27?,33-/m1/s1. The number of esters is 1. The lowest BCUT2D eigenvalue weighted by molar-refractivity contribution is -0.143. The number of nitrogens with one attached hydrogen (secondary N) is 1. The van der Waals surface area contributed by atoms with Gasteiger partial charge in [-0.3, -0.25) is 18.7 Å². The van der Waals surface area contributed by atoms with Crippen molar-refractivity contribution in [3.05, 3.63) is 110 Å². The monoisotopic (exact) mass is 661 g/mol. The van der Waals surface area contributed by atoms with Crippen molar-refractivity contribution in [3.63, 3.8) is 0 Å². The Labute approximate surface area is 268 Å². The molecule has 47 heavy (non-hydrogen) atoms. The van der Waals surface area contributed by atoms with Crippen molar-refractivity contribution < 1.29 is 36.2 Å². The van der Waals surface area contributed by atoms with Crippen LogP contribution in [-0.4, -0.2) is 40.9 Å². The first kappa shape index (κ1) is 35.3. The van der Waals surface area contributed by atoms with Crippen LogP contribution < -0.4 is 21.3 Å². The molecule has 0 radical (unpaired) electrons. The average Bonchev–Trinajstić information content (AvgIpc) is 3.03. The molecule has 4 rings (SSSR count). The number of rotatable bonds is 12. The molecule has 1 aromatic heterocycles. The molecule has 1 aliphatic carbocycles. The number of allylic oxidation sites excluding steroid dienone is 2. The van der Waals surface area contributed by atoms with Gasteiger partial charge in [-0.2, -0.15) is 13.2 Å². The van der Waals surface area contributed by atoms with Crippen molar-refractivity contribution in [2.24, 2.45) is 0 Å². The molecule has 2 atom stereocenters. The zero-order valence-electron chi connectivity index (χ0n) is 26.4. The fourth-order valence-electron chi connectivity index (χ4n) is 5.90. The van der Waals surface area contributed by atoms with Gasteiger partial charge >= 0.3 is 17.8 Å². The maximum Gasteiger partial charge on any atom is 0.416 e. The van der Waals surface area contributed by atoms with E-state index in [0.29, 0.717) is 18.9 Å². The van der Waals surface area contributed by atoms with Crippen LogP contribution in [0, 0.1) is 18.6 Å². The van der Waals surface area contributed by atoms with E-state index < -0.39 is 58.3 Å². The Morgan fingerprint density at radius 1 is 1.06 bits per heavy atom. The summed E-state index contributed by atoms with van der Waals surface area (Å²) in [7, 11) is 1.23. The number of benzene rings is 2. The van der Waals surface area contributed by atoms with Gasteiger partial charge in [0.1, 0.15) is 5.82 Å². The first-order valence-corrected chi connectivity index (χ1v) is 15.1. The fourth-order valence-corrected chi connectivity index (χ4v) is 5.90. The van der Waals surface area contributed by atoms with Crippen LogP contribution in [0.4, 0.5) is 22.0 Å². The molecule has 0 amide bonds. The Balaban J connectivity index is 1.97. The van der Waals surface area contributed by atoms with Gasteiger partial charge in [-0.25, -0.2) is 13.6 Å². The Morgan fingerprint density at radius 2 is 1.79 bits per heavy atom. The molecule has 8 nitrogen and oxygen atoms in total. The number of alkyl halides is 3. The molecule has 252 valence electrons. The molecule has 3 aromatic rings. The summed E-state index contributed by atoms with van der Waals surface area (Å²) >= 11 is 0. The molecular weight excluding hydrogens is 625 g/mol. The Kier molecular flexibility index (Phi) is 10.9. The first-order valence-electron chi connectivity index (χ1n) is 15.1. The van der Waals surface area contributed by atoms with E-state index in [9.17, 15) is 27.6 Å². The van der Waals surface area contributed by atoms with Gasteiger partial charge in [0.25, 0.3) is 5.56 Å². The highest BCUT2D eigenvalue weighted by Gasteiger charge is 2.39. The van der Waals surface area contributed by atoms with E-state index in [1.807, 2.05) is 6.92 Å². The van der Waals surface area contributed by atoms with Gasteiger partial charge in [0, 0.05) is 23.2 Å². The molecule has 0 saturated carbocycles. The third kappa shape index (κ3) is 7.09. The van der Waals surface area contributed by atoms with Crippen molar-refractivity contribution in [3.8, 4) is 16.9 Å². The van der Waals surface area contributed by atoms with Crippen molar-refractivity contribution >= 4 is 5.97 Å². The summed E-state index contributed by atoms with van der Waals surface area (Å²) < 4.78 is 84.6. The Hall–Kier alpha value is -4.52. The molecule has 0 fully saturated rings. The predicted octanol–water partition coefficient (Wildman–Crippen LogP) is 6.09. The third-order valence-corrected chi connectivity index (χ3v) is 8.34. The van der Waals surface area contributed by atoms with E-state index in [-0.39, 0.29) is 48.1 Å². The van der Waals surface area contributed by atoms with Gasteiger partial charge in [-0.05, 0) is 51.4 Å². The first-order chi connectivity index (χ1) is 22.3. The van der Waals surface area contributed by atoms with E-state index in [2.05, 4.69) is 5.32 Å². The second kappa shape index (κ2) is 14.5. The summed E-state index contributed by atoms with van der Waals surface area (Å²) in [5, 5.41) is 3.34. The summed E-state index contributed by atoms with van der Waals surface area (Å²) in [5.74, 6) is -2.72. The van der Waals surface area contributed by atoms with Gasteiger partial charge in [-0.1, -0.05) is 49.4 Å². The number of halogens is 5. The van der Waals surface area contributed by atoms with Gasteiger partial charge in [0.05, 0.1) is 43.0 Å². The molecule has 0 aliphatic heterocycles. The van der Waals surface area contributed by atoms with Crippen LogP contribution >= 0.6 is 0 Å². The van der Waals surface area contributed by atoms with Crippen LogP contribution in [-0.2, 0) is 22.3 Å². The normalized spacial score (nSPS) is 17.6. The average molecular weight is 662 g/mol.